The maximum absolute atomic E-state index is 12.2. The van der Waals surface area contributed by atoms with Crippen LogP contribution in [-0.2, 0) is 4.79 Å². The molecule has 1 saturated carbocycles. The maximum atomic E-state index is 12.2. The fourth-order valence-corrected chi connectivity index (χ4v) is 3.05. The molecule has 0 aliphatic heterocycles. The minimum Gasteiger partial charge on any atom is -0.481 e. The Balaban J connectivity index is 2.00. The fourth-order valence-electron chi connectivity index (χ4n) is 3.05. The number of carbonyl (C=O) groups is 2. The molecular weight excluding hydrogens is 258 g/mol. The molecule has 0 aromatic carbocycles. The van der Waals surface area contributed by atoms with Crippen LogP contribution in [-0.4, -0.2) is 23.5 Å². The number of aliphatic carboxylic acids is 1. The third-order valence-electron chi connectivity index (χ3n) is 4.29. The van der Waals surface area contributed by atoms with Crippen molar-refractivity contribution in [2.24, 2.45) is 11.8 Å². The van der Waals surface area contributed by atoms with Crippen LogP contribution in [0.15, 0.2) is 4.42 Å². The molecule has 1 aromatic rings. The van der Waals surface area contributed by atoms with Gasteiger partial charge in [-0.25, -0.2) is 0 Å². The minimum absolute atomic E-state index is 0.0325. The molecule has 0 bridgehead atoms. The lowest BCUT2D eigenvalue weighted by Gasteiger charge is -2.16. The molecule has 1 aromatic heterocycles. The smallest absolute Gasteiger partial charge is 0.306 e. The summed E-state index contributed by atoms with van der Waals surface area (Å²) in [7, 11) is 0. The zero-order chi connectivity index (χ0) is 14.9. The van der Waals surface area contributed by atoms with Crippen molar-refractivity contribution in [1.82, 2.24) is 5.32 Å². The second-order valence-electron chi connectivity index (χ2n) is 5.56. The van der Waals surface area contributed by atoms with Gasteiger partial charge in [-0.1, -0.05) is 6.42 Å². The lowest BCUT2D eigenvalue weighted by atomic mass is 9.96. The van der Waals surface area contributed by atoms with Gasteiger partial charge >= 0.3 is 5.97 Å². The standard InChI is InChI=1S/C15H21NO4/c1-8-9(2)20-10(3)13(8)14(17)16-7-11-5-4-6-12(11)15(18)19/h11-12H,4-7H2,1-3H3,(H,16,17)(H,18,19). The number of hydrogen-bond donors (Lipinski definition) is 2. The molecule has 1 heterocycles. The molecule has 5 heteroatoms. The Morgan fingerprint density at radius 3 is 2.50 bits per heavy atom. The molecule has 20 heavy (non-hydrogen) atoms. The first-order chi connectivity index (χ1) is 9.41. The summed E-state index contributed by atoms with van der Waals surface area (Å²) < 4.78 is 5.44. The molecule has 0 spiro atoms. The molecule has 0 saturated heterocycles. The second-order valence-corrected chi connectivity index (χ2v) is 5.56. The highest BCUT2D eigenvalue weighted by Crippen LogP contribution is 2.31. The maximum Gasteiger partial charge on any atom is 0.306 e. The Labute approximate surface area is 118 Å². The number of nitrogens with one attached hydrogen (secondary N) is 1. The molecule has 110 valence electrons. The molecule has 2 rings (SSSR count). The first-order valence-corrected chi connectivity index (χ1v) is 6.99. The van der Waals surface area contributed by atoms with Crippen LogP contribution < -0.4 is 5.32 Å². The lowest BCUT2D eigenvalue weighted by Crippen LogP contribution is -2.33. The average molecular weight is 279 g/mol. The van der Waals surface area contributed by atoms with E-state index in [9.17, 15) is 9.59 Å². The second kappa shape index (κ2) is 5.69. The summed E-state index contributed by atoms with van der Waals surface area (Å²) in [5.41, 5.74) is 1.42. The van der Waals surface area contributed by atoms with Crippen molar-refractivity contribution in [3.8, 4) is 0 Å². The van der Waals surface area contributed by atoms with E-state index in [2.05, 4.69) is 5.32 Å². The van der Waals surface area contributed by atoms with Crippen molar-refractivity contribution in [2.45, 2.75) is 40.0 Å². The van der Waals surface area contributed by atoms with Crippen molar-refractivity contribution >= 4 is 11.9 Å². The molecule has 2 unspecified atom stereocenters. The van der Waals surface area contributed by atoms with Gasteiger partial charge in [0.25, 0.3) is 5.91 Å². The van der Waals surface area contributed by atoms with E-state index in [-0.39, 0.29) is 17.7 Å². The van der Waals surface area contributed by atoms with Gasteiger partial charge in [0, 0.05) is 12.1 Å². The van der Waals surface area contributed by atoms with Crippen LogP contribution in [0.1, 0.15) is 46.7 Å². The van der Waals surface area contributed by atoms with E-state index < -0.39 is 5.97 Å². The zero-order valence-electron chi connectivity index (χ0n) is 12.2. The van der Waals surface area contributed by atoms with Crippen LogP contribution in [0, 0.1) is 32.6 Å². The largest absolute Gasteiger partial charge is 0.481 e. The summed E-state index contributed by atoms with van der Waals surface area (Å²) in [5.74, 6) is 0.130. The first-order valence-electron chi connectivity index (χ1n) is 6.99. The molecule has 5 nitrogen and oxygen atoms in total. The van der Waals surface area contributed by atoms with Gasteiger partial charge in [-0.3, -0.25) is 9.59 Å². The molecular formula is C15H21NO4. The summed E-state index contributed by atoms with van der Waals surface area (Å²) in [6.45, 7) is 5.87. The van der Waals surface area contributed by atoms with Crippen molar-refractivity contribution < 1.29 is 19.1 Å². The summed E-state index contributed by atoms with van der Waals surface area (Å²) in [6, 6.07) is 0. The van der Waals surface area contributed by atoms with Gasteiger partial charge in [-0.05, 0) is 39.5 Å². The van der Waals surface area contributed by atoms with E-state index >= 15 is 0 Å². The summed E-state index contributed by atoms with van der Waals surface area (Å²) in [5, 5.41) is 12.0. The molecule has 1 amide bonds. The highest BCUT2D eigenvalue weighted by molar-refractivity contribution is 5.96. The van der Waals surface area contributed by atoms with E-state index in [1.54, 1.807) is 6.92 Å². The van der Waals surface area contributed by atoms with Gasteiger partial charge in [0.05, 0.1) is 11.5 Å². The summed E-state index contributed by atoms with van der Waals surface area (Å²) >= 11 is 0. The van der Waals surface area contributed by atoms with Gasteiger partial charge < -0.3 is 14.8 Å². The van der Waals surface area contributed by atoms with Crippen molar-refractivity contribution in [2.75, 3.05) is 6.54 Å². The molecule has 2 atom stereocenters. The minimum atomic E-state index is -0.756. The van der Waals surface area contributed by atoms with E-state index in [1.165, 1.54) is 0 Å². The number of aryl methyl sites for hydroxylation is 2. The Hall–Kier alpha value is -1.78. The van der Waals surface area contributed by atoms with Gasteiger partial charge in [-0.15, -0.1) is 0 Å². The lowest BCUT2D eigenvalue weighted by molar-refractivity contribution is -0.142. The van der Waals surface area contributed by atoms with Crippen LogP contribution in [0.2, 0.25) is 0 Å². The van der Waals surface area contributed by atoms with Crippen molar-refractivity contribution in [1.29, 1.82) is 0 Å². The number of rotatable bonds is 4. The van der Waals surface area contributed by atoms with Crippen LogP contribution in [0.25, 0.3) is 0 Å². The SMILES string of the molecule is Cc1oc(C)c(C(=O)NCC2CCCC2C(=O)O)c1C. The van der Waals surface area contributed by atoms with Gasteiger partial charge in [-0.2, -0.15) is 0 Å². The number of carboxylic acids is 1. The van der Waals surface area contributed by atoms with Crippen molar-refractivity contribution in [3.05, 3.63) is 22.6 Å². The Morgan fingerprint density at radius 1 is 1.25 bits per heavy atom. The van der Waals surface area contributed by atoms with Crippen LogP contribution in [0.4, 0.5) is 0 Å². The van der Waals surface area contributed by atoms with Crippen LogP contribution in [0.5, 0.6) is 0 Å². The average Bonchev–Trinajstić information content (AvgIpc) is 2.93. The molecule has 1 fully saturated rings. The topological polar surface area (TPSA) is 79.5 Å². The summed E-state index contributed by atoms with van der Waals surface area (Å²) in [6.07, 6.45) is 2.48. The van der Waals surface area contributed by atoms with Gasteiger partial charge in [0.1, 0.15) is 11.5 Å². The number of amides is 1. The summed E-state index contributed by atoms with van der Waals surface area (Å²) in [4.78, 5) is 23.3. The van der Waals surface area contributed by atoms with E-state index in [0.717, 1.165) is 24.2 Å². The van der Waals surface area contributed by atoms with E-state index in [4.69, 9.17) is 9.52 Å². The number of carboxylic acid groups (broad SMARTS) is 1. The van der Waals surface area contributed by atoms with Crippen LogP contribution >= 0.6 is 0 Å². The molecule has 1 aliphatic rings. The molecule has 0 radical (unpaired) electrons. The van der Waals surface area contributed by atoms with Crippen molar-refractivity contribution in [3.63, 3.8) is 0 Å². The first kappa shape index (κ1) is 14.6. The predicted octanol–water partition coefficient (Wildman–Crippen LogP) is 2.44. The molecule has 2 N–H and O–H groups in total. The normalized spacial score (nSPS) is 21.9. The Morgan fingerprint density at radius 2 is 1.95 bits per heavy atom. The third-order valence-corrected chi connectivity index (χ3v) is 4.29. The zero-order valence-corrected chi connectivity index (χ0v) is 12.2. The number of hydrogen-bond acceptors (Lipinski definition) is 3. The highest BCUT2D eigenvalue weighted by atomic mass is 16.4. The van der Waals surface area contributed by atoms with Gasteiger partial charge in [0.2, 0.25) is 0 Å². The predicted molar refractivity (Wildman–Crippen MR) is 73.7 cm³/mol. The Kier molecular flexibility index (Phi) is 4.16. The Bertz CT molecular complexity index is 532. The van der Waals surface area contributed by atoms with Gasteiger partial charge in [0.15, 0.2) is 0 Å². The van der Waals surface area contributed by atoms with E-state index in [1.807, 2.05) is 13.8 Å². The fraction of sp³-hybridized carbons (Fsp3) is 0.600. The quantitative estimate of drug-likeness (QED) is 0.887. The monoisotopic (exact) mass is 279 g/mol. The third kappa shape index (κ3) is 2.71. The molecule has 1 aliphatic carbocycles. The highest BCUT2D eigenvalue weighted by Gasteiger charge is 2.33. The van der Waals surface area contributed by atoms with E-state index in [0.29, 0.717) is 24.3 Å². The van der Waals surface area contributed by atoms with Crippen LogP contribution in [0.3, 0.4) is 0 Å². The number of furan rings is 1. The number of carbonyl (C=O) groups excluding carboxylic acids is 1.